The zero-order chi connectivity index (χ0) is 17.6. The zero-order valence-electron chi connectivity index (χ0n) is 14.3. The maximum absolute atomic E-state index is 11.0. The number of nitro benzene ring substituents is 1. The van der Waals surface area contributed by atoms with Gasteiger partial charge in [-0.05, 0) is 18.2 Å². The first-order chi connectivity index (χ1) is 12.2. The summed E-state index contributed by atoms with van der Waals surface area (Å²) in [5.41, 5.74) is 3.05. The molecule has 1 aliphatic rings. The van der Waals surface area contributed by atoms with Crippen molar-refractivity contribution in [1.29, 1.82) is 0 Å². The molecule has 1 aromatic heterocycles. The van der Waals surface area contributed by atoms with Crippen LogP contribution in [0.2, 0.25) is 0 Å². The molecular weight excluding hydrogens is 320 g/mol. The fraction of sp³-hybridized carbons (Fsp3) is 0.389. The Morgan fingerprint density at radius 2 is 2.00 bits per heavy atom. The highest BCUT2D eigenvalue weighted by Crippen LogP contribution is 2.27. The van der Waals surface area contributed by atoms with Gasteiger partial charge < -0.3 is 9.64 Å². The summed E-state index contributed by atoms with van der Waals surface area (Å²) >= 11 is 0. The lowest BCUT2D eigenvalue weighted by Crippen LogP contribution is -2.46. The third-order valence-corrected chi connectivity index (χ3v) is 4.40. The van der Waals surface area contributed by atoms with Crippen LogP contribution in [0.4, 0.5) is 11.4 Å². The molecule has 2 heterocycles. The Morgan fingerprint density at radius 1 is 1.20 bits per heavy atom. The molecule has 0 bridgehead atoms. The molecule has 0 aliphatic carbocycles. The van der Waals surface area contributed by atoms with Crippen LogP contribution < -0.4 is 4.90 Å². The largest absolute Gasteiger partial charge is 0.380 e. The molecular formula is C18H22N4O3. The number of pyridine rings is 1. The first kappa shape index (κ1) is 17.3. The van der Waals surface area contributed by atoms with Crippen LogP contribution in [0.3, 0.4) is 0 Å². The highest BCUT2D eigenvalue weighted by atomic mass is 16.6. The Morgan fingerprint density at radius 3 is 2.64 bits per heavy atom. The minimum absolute atomic E-state index is 0.101. The molecule has 1 fully saturated rings. The number of hydrogen-bond donors (Lipinski definition) is 0. The van der Waals surface area contributed by atoms with Gasteiger partial charge in [0.25, 0.3) is 5.69 Å². The van der Waals surface area contributed by atoms with Gasteiger partial charge in [-0.2, -0.15) is 0 Å². The molecule has 0 atom stereocenters. The summed E-state index contributed by atoms with van der Waals surface area (Å²) in [6, 6.07) is 11.0. The lowest BCUT2D eigenvalue weighted by Gasteiger charge is -2.36. The number of nitro groups is 1. The second kappa shape index (κ2) is 8.04. The van der Waals surface area contributed by atoms with E-state index in [1.165, 1.54) is 0 Å². The number of non-ortho nitro benzene ring substituents is 1. The van der Waals surface area contributed by atoms with E-state index in [0.29, 0.717) is 6.61 Å². The molecule has 2 aromatic rings. The number of piperazine rings is 1. The zero-order valence-corrected chi connectivity index (χ0v) is 14.3. The molecule has 1 saturated heterocycles. The molecule has 25 heavy (non-hydrogen) atoms. The summed E-state index contributed by atoms with van der Waals surface area (Å²) in [6.07, 6.45) is 1.82. The van der Waals surface area contributed by atoms with Crippen molar-refractivity contribution in [3.63, 3.8) is 0 Å². The molecule has 1 aliphatic heterocycles. The lowest BCUT2D eigenvalue weighted by molar-refractivity contribution is -0.384. The van der Waals surface area contributed by atoms with Crippen LogP contribution in [0.15, 0.2) is 42.6 Å². The molecule has 1 aromatic carbocycles. The number of anilines is 1. The van der Waals surface area contributed by atoms with Crippen LogP contribution in [0.1, 0.15) is 11.3 Å². The van der Waals surface area contributed by atoms with Gasteiger partial charge in [-0.1, -0.05) is 6.07 Å². The second-order valence-corrected chi connectivity index (χ2v) is 6.09. The normalized spacial score (nSPS) is 15.3. The molecule has 3 rings (SSSR count). The molecule has 7 nitrogen and oxygen atoms in total. The van der Waals surface area contributed by atoms with E-state index < -0.39 is 0 Å². The number of rotatable bonds is 6. The van der Waals surface area contributed by atoms with Gasteiger partial charge in [0.2, 0.25) is 0 Å². The maximum Gasteiger partial charge on any atom is 0.269 e. The molecule has 0 amide bonds. The molecule has 0 N–H and O–H groups in total. The van der Waals surface area contributed by atoms with Gasteiger partial charge in [0.15, 0.2) is 0 Å². The Hall–Kier alpha value is -2.51. The molecule has 0 spiro atoms. The van der Waals surface area contributed by atoms with Crippen LogP contribution in [0.5, 0.6) is 0 Å². The summed E-state index contributed by atoms with van der Waals surface area (Å²) < 4.78 is 5.23. The molecule has 0 unspecified atom stereocenters. The van der Waals surface area contributed by atoms with Crippen LogP contribution in [0.25, 0.3) is 0 Å². The summed E-state index contributed by atoms with van der Waals surface area (Å²) in [5.74, 6) is 0. The van der Waals surface area contributed by atoms with Crippen molar-refractivity contribution in [3.05, 3.63) is 64.0 Å². The summed E-state index contributed by atoms with van der Waals surface area (Å²) in [4.78, 5) is 19.7. The van der Waals surface area contributed by atoms with Crippen molar-refractivity contribution in [3.8, 4) is 0 Å². The summed E-state index contributed by atoms with van der Waals surface area (Å²) in [5, 5.41) is 11.0. The van der Waals surface area contributed by atoms with E-state index in [-0.39, 0.29) is 10.6 Å². The first-order valence-electron chi connectivity index (χ1n) is 8.31. The first-order valence-corrected chi connectivity index (χ1v) is 8.31. The number of ether oxygens (including phenoxy) is 1. The predicted molar refractivity (Wildman–Crippen MR) is 95.5 cm³/mol. The van der Waals surface area contributed by atoms with Crippen molar-refractivity contribution in [2.24, 2.45) is 0 Å². The van der Waals surface area contributed by atoms with Crippen molar-refractivity contribution < 1.29 is 9.66 Å². The predicted octanol–water partition coefficient (Wildman–Crippen LogP) is 2.46. The lowest BCUT2D eigenvalue weighted by atomic mass is 10.1. The van der Waals surface area contributed by atoms with E-state index in [2.05, 4.69) is 14.8 Å². The number of methoxy groups -OCH3 is 1. The Bertz CT molecular complexity index is 716. The van der Waals surface area contributed by atoms with Gasteiger partial charge in [0.05, 0.1) is 17.2 Å². The highest BCUT2D eigenvalue weighted by molar-refractivity contribution is 5.58. The number of aromatic nitrogens is 1. The third kappa shape index (κ3) is 4.32. The van der Waals surface area contributed by atoms with E-state index in [1.807, 2.05) is 30.5 Å². The number of nitrogens with zero attached hydrogens (tertiary/aromatic N) is 4. The molecule has 0 saturated carbocycles. The average molecular weight is 342 g/mol. The van der Waals surface area contributed by atoms with Crippen molar-refractivity contribution in [2.45, 2.75) is 13.2 Å². The van der Waals surface area contributed by atoms with E-state index in [1.54, 1.807) is 19.2 Å². The standard InChI is InChI=1S/C18H22N4O3/c1-25-14-15-12-17(22(23)24)5-6-18(15)21-10-8-20(9-11-21)13-16-4-2-3-7-19-16/h2-7,12H,8-11,13-14H2,1H3. The Kier molecular flexibility index (Phi) is 5.57. The van der Waals surface area contributed by atoms with E-state index in [0.717, 1.165) is 49.7 Å². The minimum atomic E-state index is -0.367. The molecule has 132 valence electrons. The van der Waals surface area contributed by atoms with E-state index >= 15 is 0 Å². The highest BCUT2D eigenvalue weighted by Gasteiger charge is 2.21. The Labute approximate surface area is 147 Å². The summed E-state index contributed by atoms with van der Waals surface area (Å²) in [7, 11) is 1.60. The Balaban J connectivity index is 1.67. The second-order valence-electron chi connectivity index (χ2n) is 6.09. The van der Waals surface area contributed by atoms with Crippen molar-refractivity contribution in [1.82, 2.24) is 9.88 Å². The smallest absolute Gasteiger partial charge is 0.269 e. The van der Waals surface area contributed by atoms with Gasteiger partial charge in [-0.15, -0.1) is 0 Å². The summed E-state index contributed by atoms with van der Waals surface area (Å²) in [6.45, 7) is 4.83. The average Bonchev–Trinajstić information content (AvgIpc) is 2.63. The monoisotopic (exact) mass is 342 g/mol. The van der Waals surface area contributed by atoms with Gasteiger partial charge in [0.1, 0.15) is 0 Å². The topological polar surface area (TPSA) is 71.7 Å². The van der Waals surface area contributed by atoms with Crippen LogP contribution in [0, 0.1) is 10.1 Å². The van der Waals surface area contributed by atoms with Crippen LogP contribution in [-0.4, -0.2) is 48.1 Å². The quantitative estimate of drug-likeness (QED) is 0.593. The van der Waals surface area contributed by atoms with E-state index in [4.69, 9.17) is 4.74 Å². The fourth-order valence-electron chi connectivity index (χ4n) is 3.13. The number of benzene rings is 1. The maximum atomic E-state index is 11.0. The van der Waals surface area contributed by atoms with Crippen molar-refractivity contribution >= 4 is 11.4 Å². The minimum Gasteiger partial charge on any atom is -0.380 e. The van der Waals surface area contributed by atoms with Gasteiger partial charge in [-0.3, -0.25) is 20.0 Å². The van der Waals surface area contributed by atoms with Gasteiger partial charge >= 0.3 is 0 Å². The van der Waals surface area contributed by atoms with E-state index in [9.17, 15) is 10.1 Å². The molecule has 0 radical (unpaired) electrons. The SMILES string of the molecule is COCc1cc([N+](=O)[O-])ccc1N1CCN(Cc2ccccn2)CC1. The fourth-order valence-corrected chi connectivity index (χ4v) is 3.13. The van der Waals surface area contributed by atoms with Gasteiger partial charge in [0, 0.05) is 69.4 Å². The van der Waals surface area contributed by atoms with Gasteiger partial charge in [-0.25, -0.2) is 0 Å². The third-order valence-electron chi connectivity index (χ3n) is 4.40. The van der Waals surface area contributed by atoms with Crippen molar-refractivity contribution in [2.75, 3.05) is 38.2 Å². The van der Waals surface area contributed by atoms with Crippen LogP contribution >= 0.6 is 0 Å². The number of hydrogen-bond acceptors (Lipinski definition) is 6. The molecule has 7 heteroatoms. The van der Waals surface area contributed by atoms with Crippen LogP contribution in [-0.2, 0) is 17.9 Å².